The number of nitrogens with zero attached hydrogens (tertiary/aromatic N) is 4. The molecule has 4 rings (SSSR count). The van der Waals surface area contributed by atoms with Gasteiger partial charge in [0.05, 0.1) is 11.6 Å². The van der Waals surface area contributed by atoms with Crippen molar-refractivity contribution in [1.29, 1.82) is 0 Å². The van der Waals surface area contributed by atoms with Gasteiger partial charge >= 0.3 is 6.03 Å². The smallest absolute Gasteiger partial charge is 0.321 e. The molecule has 1 fully saturated rings. The Morgan fingerprint density at radius 3 is 2.73 bits per heavy atom. The van der Waals surface area contributed by atoms with Gasteiger partial charge in [-0.15, -0.1) is 5.10 Å². The standard InChI is InChI=1S/C19H20FN5O/c1-13-4-2-3-5-16(13)21-19(26)24-10-8-15(9-11-24)25-18-7-6-14(20)12-17(18)22-23-25/h2-7,12,15H,8-11H2,1H3,(H,21,26). The van der Waals surface area contributed by atoms with Crippen molar-refractivity contribution in [3.8, 4) is 0 Å². The molecule has 6 nitrogen and oxygen atoms in total. The second kappa shape index (κ2) is 6.74. The summed E-state index contributed by atoms with van der Waals surface area (Å²) in [6.45, 7) is 3.26. The van der Waals surface area contributed by atoms with Gasteiger partial charge in [0.25, 0.3) is 0 Å². The van der Waals surface area contributed by atoms with Crippen molar-refractivity contribution >= 4 is 22.8 Å². The maximum atomic E-state index is 13.3. The molecule has 1 N–H and O–H groups in total. The molecule has 2 aromatic carbocycles. The van der Waals surface area contributed by atoms with E-state index in [0.717, 1.165) is 29.6 Å². The summed E-state index contributed by atoms with van der Waals surface area (Å²) < 4.78 is 15.2. The Morgan fingerprint density at radius 2 is 1.96 bits per heavy atom. The third-order valence-corrected chi connectivity index (χ3v) is 4.92. The highest BCUT2D eigenvalue weighted by atomic mass is 19.1. The summed E-state index contributed by atoms with van der Waals surface area (Å²) in [5, 5.41) is 11.2. The van der Waals surface area contributed by atoms with Crippen LogP contribution in [0, 0.1) is 12.7 Å². The van der Waals surface area contributed by atoms with Gasteiger partial charge in [-0.25, -0.2) is 13.9 Å². The minimum atomic E-state index is -0.313. The number of aryl methyl sites for hydroxylation is 1. The lowest BCUT2D eigenvalue weighted by Crippen LogP contribution is -2.41. The summed E-state index contributed by atoms with van der Waals surface area (Å²) in [5.41, 5.74) is 3.26. The molecule has 1 aliphatic rings. The lowest BCUT2D eigenvalue weighted by atomic mass is 10.1. The molecule has 1 aromatic heterocycles. The Hall–Kier alpha value is -2.96. The number of urea groups is 1. The Morgan fingerprint density at radius 1 is 1.19 bits per heavy atom. The third-order valence-electron chi connectivity index (χ3n) is 4.92. The second-order valence-electron chi connectivity index (χ2n) is 6.63. The van der Waals surface area contributed by atoms with Crippen molar-refractivity contribution < 1.29 is 9.18 Å². The van der Waals surface area contributed by atoms with Crippen LogP contribution in [0.5, 0.6) is 0 Å². The first-order chi connectivity index (χ1) is 12.6. The number of fused-ring (bicyclic) bond motifs is 1. The zero-order valence-corrected chi connectivity index (χ0v) is 14.5. The highest BCUT2D eigenvalue weighted by Crippen LogP contribution is 2.26. The minimum Gasteiger partial charge on any atom is -0.324 e. The summed E-state index contributed by atoms with van der Waals surface area (Å²) in [5.74, 6) is -0.313. The van der Waals surface area contributed by atoms with E-state index in [-0.39, 0.29) is 17.9 Å². The van der Waals surface area contributed by atoms with Crippen LogP contribution >= 0.6 is 0 Å². The summed E-state index contributed by atoms with van der Waals surface area (Å²) >= 11 is 0. The van der Waals surface area contributed by atoms with Gasteiger partial charge < -0.3 is 10.2 Å². The van der Waals surface area contributed by atoms with Gasteiger partial charge in [-0.3, -0.25) is 0 Å². The number of aromatic nitrogens is 3. The maximum Gasteiger partial charge on any atom is 0.321 e. The minimum absolute atomic E-state index is 0.0803. The first-order valence-electron chi connectivity index (χ1n) is 8.74. The molecule has 0 saturated carbocycles. The molecular formula is C19H20FN5O. The predicted molar refractivity (Wildman–Crippen MR) is 97.5 cm³/mol. The number of carbonyl (C=O) groups is 1. The van der Waals surface area contributed by atoms with Gasteiger partial charge in [0, 0.05) is 24.8 Å². The number of carbonyl (C=O) groups excluding carboxylic acids is 1. The van der Waals surface area contributed by atoms with Crippen LogP contribution in [0.4, 0.5) is 14.9 Å². The van der Waals surface area contributed by atoms with Crippen LogP contribution in [-0.4, -0.2) is 39.0 Å². The Labute approximate surface area is 150 Å². The van der Waals surface area contributed by atoms with Gasteiger partial charge in [0.15, 0.2) is 0 Å². The van der Waals surface area contributed by atoms with Crippen LogP contribution in [-0.2, 0) is 0 Å². The summed E-state index contributed by atoms with van der Waals surface area (Å²) in [6, 6.07) is 12.3. The molecular weight excluding hydrogens is 333 g/mol. The lowest BCUT2D eigenvalue weighted by Gasteiger charge is -2.32. The number of hydrogen-bond donors (Lipinski definition) is 1. The number of rotatable bonds is 2. The van der Waals surface area contributed by atoms with Gasteiger partial charge in [-0.2, -0.15) is 0 Å². The van der Waals surface area contributed by atoms with E-state index in [2.05, 4.69) is 15.6 Å². The monoisotopic (exact) mass is 353 g/mol. The number of nitrogens with one attached hydrogen (secondary N) is 1. The van der Waals surface area contributed by atoms with Gasteiger partial charge in [-0.05, 0) is 43.5 Å². The molecule has 0 spiro atoms. The van der Waals surface area contributed by atoms with E-state index in [1.54, 1.807) is 6.07 Å². The Kier molecular flexibility index (Phi) is 4.28. The fraction of sp³-hybridized carbons (Fsp3) is 0.316. The molecule has 0 radical (unpaired) electrons. The van der Waals surface area contributed by atoms with E-state index < -0.39 is 0 Å². The topological polar surface area (TPSA) is 63.1 Å². The molecule has 7 heteroatoms. The number of benzene rings is 2. The van der Waals surface area contributed by atoms with Crippen molar-refractivity contribution in [2.24, 2.45) is 0 Å². The average Bonchev–Trinajstić information content (AvgIpc) is 3.06. The SMILES string of the molecule is Cc1ccccc1NC(=O)N1CCC(n2nnc3cc(F)ccc32)CC1. The van der Waals surface area contributed by atoms with Gasteiger partial charge in [0.2, 0.25) is 0 Å². The number of halogens is 1. The fourth-order valence-electron chi connectivity index (χ4n) is 3.41. The number of hydrogen-bond acceptors (Lipinski definition) is 3. The van der Waals surface area contributed by atoms with Gasteiger partial charge in [0.1, 0.15) is 11.3 Å². The zero-order chi connectivity index (χ0) is 18.1. The fourth-order valence-corrected chi connectivity index (χ4v) is 3.41. The number of piperidine rings is 1. The molecule has 1 aliphatic heterocycles. The van der Waals surface area contributed by atoms with Crippen LogP contribution in [0.25, 0.3) is 11.0 Å². The molecule has 0 atom stereocenters. The van der Waals surface area contributed by atoms with E-state index in [1.807, 2.05) is 40.8 Å². The summed E-state index contributed by atoms with van der Waals surface area (Å²) in [7, 11) is 0. The molecule has 26 heavy (non-hydrogen) atoms. The molecule has 0 aliphatic carbocycles. The van der Waals surface area contributed by atoms with E-state index >= 15 is 0 Å². The Bertz CT molecular complexity index is 946. The molecule has 3 aromatic rings. The maximum absolute atomic E-state index is 13.3. The van der Waals surface area contributed by atoms with E-state index in [9.17, 15) is 9.18 Å². The van der Waals surface area contributed by atoms with Crippen LogP contribution in [0.2, 0.25) is 0 Å². The van der Waals surface area contributed by atoms with Crippen LogP contribution in [0.1, 0.15) is 24.4 Å². The molecule has 0 unspecified atom stereocenters. The van der Waals surface area contributed by atoms with Crippen LogP contribution < -0.4 is 5.32 Å². The zero-order valence-electron chi connectivity index (χ0n) is 14.5. The quantitative estimate of drug-likeness (QED) is 0.763. The summed E-state index contributed by atoms with van der Waals surface area (Å²) in [4.78, 5) is 14.3. The second-order valence-corrected chi connectivity index (χ2v) is 6.63. The van der Waals surface area contributed by atoms with Crippen LogP contribution in [0.15, 0.2) is 42.5 Å². The normalized spacial score (nSPS) is 15.4. The van der Waals surface area contributed by atoms with Crippen molar-refractivity contribution in [3.05, 3.63) is 53.8 Å². The number of likely N-dealkylation sites (tertiary alicyclic amines) is 1. The third kappa shape index (κ3) is 3.12. The van der Waals surface area contributed by atoms with E-state index in [0.29, 0.717) is 18.6 Å². The largest absolute Gasteiger partial charge is 0.324 e. The predicted octanol–water partition coefficient (Wildman–Crippen LogP) is 3.75. The highest BCUT2D eigenvalue weighted by molar-refractivity contribution is 5.90. The summed E-state index contributed by atoms with van der Waals surface area (Å²) in [6.07, 6.45) is 1.58. The Balaban J connectivity index is 1.42. The lowest BCUT2D eigenvalue weighted by molar-refractivity contribution is 0.181. The van der Waals surface area contributed by atoms with Crippen molar-refractivity contribution in [3.63, 3.8) is 0 Å². The number of amides is 2. The molecule has 2 amide bonds. The highest BCUT2D eigenvalue weighted by Gasteiger charge is 2.25. The molecule has 2 heterocycles. The number of anilines is 1. The first-order valence-corrected chi connectivity index (χ1v) is 8.74. The average molecular weight is 353 g/mol. The number of para-hydroxylation sites is 1. The van der Waals surface area contributed by atoms with E-state index in [1.165, 1.54) is 12.1 Å². The molecule has 134 valence electrons. The first kappa shape index (κ1) is 16.5. The van der Waals surface area contributed by atoms with Crippen molar-refractivity contribution in [2.75, 3.05) is 18.4 Å². The van der Waals surface area contributed by atoms with Crippen LogP contribution in [0.3, 0.4) is 0 Å². The van der Waals surface area contributed by atoms with E-state index in [4.69, 9.17) is 0 Å². The van der Waals surface area contributed by atoms with Crippen molar-refractivity contribution in [2.45, 2.75) is 25.8 Å². The molecule has 1 saturated heterocycles. The van der Waals surface area contributed by atoms with Crippen molar-refractivity contribution in [1.82, 2.24) is 19.9 Å². The molecule has 0 bridgehead atoms. The van der Waals surface area contributed by atoms with Gasteiger partial charge in [-0.1, -0.05) is 23.4 Å².